The second-order valence-corrected chi connectivity index (χ2v) is 5.50. The lowest BCUT2D eigenvalue weighted by atomic mass is 9.88. The minimum atomic E-state index is 0.201. The molecule has 2 saturated carbocycles. The Hall–Kier alpha value is -1.51. The molecule has 0 aromatic heterocycles. The van der Waals surface area contributed by atoms with Gasteiger partial charge in [0, 0.05) is 11.6 Å². The number of nitrogens with one attached hydrogen (secondary N) is 1. The molecule has 2 aliphatic carbocycles. The number of anilines is 1. The van der Waals surface area contributed by atoms with E-state index in [1.807, 2.05) is 24.3 Å². The number of carbonyl (C=O) groups excluding carboxylic acids is 1. The summed E-state index contributed by atoms with van der Waals surface area (Å²) >= 11 is 0. The molecule has 0 unspecified atom stereocenters. The molecule has 3 nitrogen and oxygen atoms in total. The van der Waals surface area contributed by atoms with Crippen molar-refractivity contribution in [1.29, 1.82) is 0 Å². The molecule has 1 amide bonds. The molecule has 2 fully saturated rings. The Morgan fingerprint density at radius 1 is 1.22 bits per heavy atom. The second kappa shape index (κ2) is 4.63. The van der Waals surface area contributed by atoms with Gasteiger partial charge in [0.05, 0.1) is 7.11 Å². The van der Waals surface area contributed by atoms with E-state index in [0.29, 0.717) is 5.92 Å². The van der Waals surface area contributed by atoms with Crippen LogP contribution in [0.1, 0.15) is 25.7 Å². The van der Waals surface area contributed by atoms with Crippen molar-refractivity contribution in [2.75, 3.05) is 12.4 Å². The average Bonchev–Trinajstić information content (AvgIpc) is 3.02. The fourth-order valence-electron chi connectivity index (χ4n) is 3.48. The summed E-state index contributed by atoms with van der Waals surface area (Å²) < 4.78 is 5.10. The Morgan fingerprint density at radius 3 is 2.56 bits per heavy atom. The third kappa shape index (κ3) is 2.09. The van der Waals surface area contributed by atoms with E-state index in [0.717, 1.165) is 23.8 Å². The van der Waals surface area contributed by atoms with Gasteiger partial charge >= 0.3 is 0 Å². The first-order chi connectivity index (χ1) is 8.76. The van der Waals surface area contributed by atoms with Crippen molar-refractivity contribution in [3.8, 4) is 5.75 Å². The largest absolute Gasteiger partial charge is 0.497 e. The van der Waals surface area contributed by atoms with Crippen LogP contribution < -0.4 is 10.1 Å². The smallest absolute Gasteiger partial charge is 0.227 e. The summed E-state index contributed by atoms with van der Waals surface area (Å²) in [6.07, 6.45) is 4.93. The minimum Gasteiger partial charge on any atom is -0.497 e. The third-order valence-corrected chi connectivity index (χ3v) is 4.43. The Bertz CT molecular complexity index is 440. The fourth-order valence-corrected chi connectivity index (χ4v) is 3.48. The molecule has 96 valence electrons. The highest BCUT2D eigenvalue weighted by Gasteiger charge is 2.42. The van der Waals surface area contributed by atoms with Crippen LogP contribution in [-0.2, 0) is 4.79 Å². The van der Waals surface area contributed by atoms with Crippen LogP contribution in [-0.4, -0.2) is 13.0 Å². The van der Waals surface area contributed by atoms with Crippen molar-refractivity contribution < 1.29 is 9.53 Å². The summed E-state index contributed by atoms with van der Waals surface area (Å²) in [6, 6.07) is 7.53. The van der Waals surface area contributed by atoms with E-state index in [1.54, 1.807) is 7.11 Å². The van der Waals surface area contributed by atoms with Gasteiger partial charge in [0.2, 0.25) is 5.91 Å². The normalized spacial score (nSPS) is 29.3. The van der Waals surface area contributed by atoms with Crippen LogP contribution in [0, 0.1) is 17.8 Å². The number of hydrogen-bond acceptors (Lipinski definition) is 2. The van der Waals surface area contributed by atoms with Crippen LogP contribution in [0.15, 0.2) is 24.3 Å². The van der Waals surface area contributed by atoms with E-state index < -0.39 is 0 Å². The Balaban J connectivity index is 1.63. The number of amides is 1. The predicted octanol–water partition coefficient (Wildman–Crippen LogP) is 3.07. The lowest BCUT2D eigenvalue weighted by Gasteiger charge is -2.20. The van der Waals surface area contributed by atoms with Gasteiger partial charge in [-0.2, -0.15) is 0 Å². The zero-order valence-corrected chi connectivity index (χ0v) is 10.7. The monoisotopic (exact) mass is 245 g/mol. The van der Waals surface area contributed by atoms with Crippen LogP contribution >= 0.6 is 0 Å². The fraction of sp³-hybridized carbons (Fsp3) is 0.533. The first-order valence-corrected chi connectivity index (χ1v) is 6.71. The van der Waals surface area contributed by atoms with Crippen LogP contribution in [0.3, 0.4) is 0 Å². The van der Waals surface area contributed by atoms with Gasteiger partial charge in [0.25, 0.3) is 0 Å². The van der Waals surface area contributed by atoms with Gasteiger partial charge < -0.3 is 10.1 Å². The lowest BCUT2D eigenvalue weighted by molar-refractivity contribution is -0.121. The average molecular weight is 245 g/mol. The maximum atomic E-state index is 12.2. The molecule has 2 bridgehead atoms. The highest BCUT2D eigenvalue weighted by molar-refractivity contribution is 5.93. The quantitative estimate of drug-likeness (QED) is 0.888. The molecule has 0 radical (unpaired) electrons. The second-order valence-electron chi connectivity index (χ2n) is 5.50. The van der Waals surface area contributed by atoms with E-state index in [2.05, 4.69) is 5.32 Å². The van der Waals surface area contributed by atoms with Crippen LogP contribution in [0.4, 0.5) is 5.69 Å². The lowest BCUT2D eigenvalue weighted by Crippen LogP contribution is -2.27. The number of rotatable bonds is 3. The number of fused-ring (bicyclic) bond motifs is 2. The summed E-state index contributed by atoms with van der Waals surface area (Å²) in [7, 11) is 1.64. The number of carbonyl (C=O) groups is 1. The van der Waals surface area contributed by atoms with Gasteiger partial charge in [-0.25, -0.2) is 0 Å². The van der Waals surface area contributed by atoms with Crippen molar-refractivity contribution in [3.05, 3.63) is 24.3 Å². The van der Waals surface area contributed by atoms with E-state index in [4.69, 9.17) is 4.74 Å². The maximum Gasteiger partial charge on any atom is 0.227 e. The van der Waals surface area contributed by atoms with E-state index in [-0.39, 0.29) is 11.8 Å². The first kappa shape index (κ1) is 11.6. The van der Waals surface area contributed by atoms with E-state index in [9.17, 15) is 4.79 Å². The van der Waals surface area contributed by atoms with Gasteiger partial charge in [-0.1, -0.05) is 6.42 Å². The number of methoxy groups -OCH3 is 1. The molecule has 0 aliphatic heterocycles. The molecule has 0 heterocycles. The van der Waals surface area contributed by atoms with Crippen LogP contribution in [0.2, 0.25) is 0 Å². The summed E-state index contributed by atoms with van der Waals surface area (Å²) in [4.78, 5) is 12.2. The van der Waals surface area contributed by atoms with Crippen molar-refractivity contribution in [3.63, 3.8) is 0 Å². The first-order valence-electron chi connectivity index (χ1n) is 6.71. The molecule has 0 spiro atoms. The molecule has 3 rings (SSSR count). The molecular weight excluding hydrogens is 226 g/mol. The standard InChI is InChI=1S/C15H19NO2/c1-18-13-6-4-12(5-7-13)16-15(17)14-9-10-2-3-11(14)8-10/h4-7,10-11,14H,2-3,8-9H2,1H3,(H,16,17)/t10-,11-,14+/m1/s1. The van der Waals surface area contributed by atoms with Gasteiger partial charge in [-0.3, -0.25) is 4.79 Å². The highest BCUT2D eigenvalue weighted by Crippen LogP contribution is 2.48. The summed E-state index contributed by atoms with van der Waals surface area (Å²) in [6.45, 7) is 0. The van der Waals surface area contributed by atoms with E-state index >= 15 is 0 Å². The molecule has 3 atom stereocenters. The predicted molar refractivity (Wildman–Crippen MR) is 70.6 cm³/mol. The van der Waals surface area contributed by atoms with Crippen LogP contribution in [0.5, 0.6) is 5.75 Å². The number of hydrogen-bond donors (Lipinski definition) is 1. The Morgan fingerprint density at radius 2 is 2.00 bits per heavy atom. The zero-order chi connectivity index (χ0) is 12.5. The SMILES string of the molecule is COc1ccc(NC(=O)[C@H]2C[C@@H]3CC[C@@H]2C3)cc1. The molecule has 1 aromatic rings. The Labute approximate surface area is 108 Å². The van der Waals surface area contributed by atoms with Crippen molar-refractivity contribution >= 4 is 11.6 Å². The zero-order valence-electron chi connectivity index (χ0n) is 10.7. The Kier molecular flexibility index (Phi) is 2.98. The van der Waals surface area contributed by atoms with Crippen LogP contribution in [0.25, 0.3) is 0 Å². The van der Waals surface area contributed by atoms with Crippen molar-refractivity contribution in [2.24, 2.45) is 17.8 Å². The summed E-state index contributed by atoms with van der Waals surface area (Å²) in [5.74, 6) is 2.70. The molecule has 18 heavy (non-hydrogen) atoms. The molecule has 0 saturated heterocycles. The van der Waals surface area contributed by atoms with Gasteiger partial charge in [0.15, 0.2) is 0 Å². The highest BCUT2D eigenvalue weighted by atomic mass is 16.5. The summed E-state index contributed by atoms with van der Waals surface area (Å²) in [5, 5.41) is 3.03. The summed E-state index contributed by atoms with van der Waals surface area (Å²) in [5.41, 5.74) is 0.864. The topological polar surface area (TPSA) is 38.3 Å². The van der Waals surface area contributed by atoms with Crippen molar-refractivity contribution in [1.82, 2.24) is 0 Å². The minimum absolute atomic E-state index is 0.201. The van der Waals surface area contributed by atoms with E-state index in [1.165, 1.54) is 19.3 Å². The van der Waals surface area contributed by atoms with Gasteiger partial charge in [-0.05, 0) is 55.4 Å². The van der Waals surface area contributed by atoms with Crippen molar-refractivity contribution in [2.45, 2.75) is 25.7 Å². The molecule has 1 aromatic carbocycles. The van der Waals surface area contributed by atoms with Gasteiger partial charge in [0.1, 0.15) is 5.75 Å². The molecule has 1 N–H and O–H groups in total. The molecule has 3 heteroatoms. The van der Waals surface area contributed by atoms with Gasteiger partial charge in [-0.15, -0.1) is 0 Å². The molecular formula is C15H19NO2. The number of ether oxygens (including phenoxy) is 1. The third-order valence-electron chi connectivity index (χ3n) is 4.43. The molecule has 2 aliphatic rings. The maximum absolute atomic E-state index is 12.2. The number of benzene rings is 1.